The monoisotopic (exact) mass is 275 g/mol. The van der Waals surface area contributed by atoms with E-state index < -0.39 is 0 Å². The molecule has 1 aromatic rings. The predicted molar refractivity (Wildman–Crippen MR) is 90.3 cm³/mol. The van der Waals surface area contributed by atoms with E-state index in [2.05, 4.69) is 58.3 Å². The van der Waals surface area contributed by atoms with Crippen molar-refractivity contribution in [1.82, 2.24) is 5.32 Å². The maximum absolute atomic E-state index is 3.58. The molecule has 1 aromatic carbocycles. The standard InChI is InChI=1S/C19H33N/c1-6-10-17(11-7-2)19(20-5)18-13-12-15(8-3)16(9-4)14-18/h12-14,17,19-20H,6-11H2,1-5H3. The number of rotatable bonds is 9. The number of hydrogen-bond acceptors (Lipinski definition) is 1. The highest BCUT2D eigenvalue weighted by Crippen LogP contribution is 2.30. The fourth-order valence-electron chi connectivity index (χ4n) is 3.41. The molecule has 1 rings (SSSR count). The maximum atomic E-state index is 3.58. The Bertz CT molecular complexity index is 377. The van der Waals surface area contributed by atoms with Gasteiger partial charge in [0.15, 0.2) is 0 Å². The van der Waals surface area contributed by atoms with Crippen LogP contribution in [0.1, 0.15) is 76.1 Å². The largest absolute Gasteiger partial charge is 0.313 e. The Morgan fingerprint density at radius 2 is 1.50 bits per heavy atom. The average molecular weight is 275 g/mol. The van der Waals surface area contributed by atoms with E-state index in [-0.39, 0.29) is 0 Å². The fraction of sp³-hybridized carbons (Fsp3) is 0.684. The molecule has 1 N–H and O–H groups in total. The molecule has 0 aliphatic carbocycles. The van der Waals surface area contributed by atoms with Gasteiger partial charge in [-0.25, -0.2) is 0 Å². The molecule has 1 unspecified atom stereocenters. The van der Waals surface area contributed by atoms with E-state index in [9.17, 15) is 0 Å². The van der Waals surface area contributed by atoms with Gasteiger partial charge in [-0.05, 0) is 55.3 Å². The van der Waals surface area contributed by atoms with Crippen LogP contribution in [0.15, 0.2) is 18.2 Å². The highest BCUT2D eigenvalue weighted by Gasteiger charge is 2.20. The van der Waals surface area contributed by atoms with Crippen molar-refractivity contribution in [3.05, 3.63) is 34.9 Å². The van der Waals surface area contributed by atoms with E-state index in [0.29, 0.717) is 6.04 Å². The summed E-state index contributed by atoms with van der Waals surface area (Å²) >= 11 is 0. The van der Waals surface area contributed by atoms with Crippen molar-refractivity contribution >= 4 is 0 Å². The maximum Gasteiger partial charge on any atom is 0.0346 e. The van der Waals surface area contributed by atoms with Crippen LogP contribution in [0.4, 0.5) is 0 Å². The summed E-state index contributed by atoms with van der Waals surface area (Å²) in [5.41, 5.74) is 4.51. The van der Waals surface area contributed by atoms with Crippen LogP contribution in [0.25, 0.3) is 0 Å². The minimum absolute atomic E-state index is 0.506. The molecule has 0 bridgehead atoms. The minimum Gasteiger partial charge on any atom is -0.313 e. The number of benzene rings is 1. The molecule has 0 aliphatic rings. The molecular formula is C19H33N. The van der Waals surface area contributed by atoms with E-state index in [1.807, 2.05) is 0 Å². The zero-order valence-corrected chi connectivity index (χ0v) is 14.1. The lowest BCUT2D eigenvalue weighted by Crippen LogP contribution is -2.25. The molecule has 0 spiro atoms. The molecule has 0 aromatic heterocycles. The van der Waals surface area contributed by atoms with Crippen LogP contribution in [0.5, 0.6) is 0 Å². The van der Waals surface area contributed by atoms with Crippen molar-refractivity contribution in [2.24, 2.45) is 5.92 Å². The third-order valence-electron chi connectivity index (χ3n) is 4.45. The van der Waals surface area contributed by atoms with Crippen LogP contribution in [0.3, 0.4) is 0 Å². The quantitative estimate of drug-likeness (QED) is 0.646. The number of hydrogen-bond donors (Lipinski definition) is 1. The molecule has 0 saturated carbocycles. The van der Waals surface area contributed by atoms with Gasteiger partial charge in [0.1, 0.15) is 0 Å². The van der Waals surface area contributed by atoms with E-state index in [4.69, 9.17) is 0 Å². The van der Waals surface area contributed by atoms with Gasteiger partial charge in [-0.1, -0.05) is 58.7 Å². The van der Waals surface area contributed by atoms with Crippen LogP contribution in [0.2, 0.25) is 0 Å². The van der Waals surface area contributed by atoms with Crippen molar-refractivity contribution in [3.8, 4) is 0 Å². The van der Waals surface area contributed by atoms with Gasteiger partial charge in [-0.15, -0.1) is 0 Å². The van der Waals surface area contributed by atoms with Gasteiger partial charge in [0.05, 0.1) is 0 Å². The first-order valence-corrected chi connectivity index (χ1v) is 8.50. The van der Waals surface area contributed by atoms with E-state index >= 15 is 0 Å². The predicted octanol–water partition coefficient (Wildman–Crippen LogP) is 5.29. The first-order valence-electron chi connectivity index (χ1n) is 8.50. The molecule has 0 aliphatic heterocycles. The van der Waals surface area contributed by atoms with Gasteiger partial charge in [0, 0.05) is 6.04 Å². The van der Waals surface area contributed by atoms with Crippen LogP contribution in [-0.2, 0) is 12.8 Å². The van der Waals surface area contributed by atoms with Gasteiger partial charge in [-0.2, -0.15) is 0 Å². The van der Waals surface area contributed by atoms with Crippen LogP contribution >= 0.6 is 0 Å². The molecule has 0 heterocycles. The molecule has 1 atom stereocenters. The van der Waals surface area contributed by atoms with E-state index in [1.54, 1.807) is 0 Å². The van der Waals surface area contributed by atoms with Gasteiger partial charge in [0.25, 0.3) is 0 Å². The third-order valence-corrected chi connectivity index (χ3v) is 4.45. The van der Waals surface area contributed by atoms with Crippen molar-refractivity contribution in [2.75, 3.05) is 7.05 Å². The molecule has 0 saturated heterocycles. The second-order valence-corrected chi connectivity index (χ2v) is 5.84. The van der Waals surface area contributed by atoms with Crippen LogP contribution in [-0.4, -0.2) is 7.05 Å². The Hall–Kier alpha value is -0.820. The third kappa shape index (κ3) is 4.34. The summed E-state index contributed by atoms with van der Waals surface area (Å²) < 4.78 is 0. The number of nitrogens with one attached hydrogen (secondary N) is 1. The molecule has 0 radical (unpaired) electrons. The lowest BCUT2D eigenvalue weighted by molar-refractivity contribution is 0.331. The van der Waals surface area contributed by atoms with Crippen molar-refractivity contribution < 1.29 is 0 Å². The van der Waals surface area contributed by atoms with Crippen molar-refractivity contribution in [3.63, 3.8) is 0 Å². The van der Waals surface area contributed by atoms with Gasteiger partial charge < -0.3 is 5.32 Å². The Labute approximate surface area is 126 Å². The highest BCUT2D eigenvalue weighted by molar-refractivity contribution is 5.34. The molecular weight excluding hydrogens is 242 g/mol. The molecule has 114 valence electrons. The minimum atomic E-state index is 0.506. The summed E-state index contributed by atoms with van der Waals surface area (Å²) in [6.45, 7) is 9.11. The summed E-state index contributed by atoms with van der Waals surface area (Å²) in [5, 5.41) is 3.58. The Morgan fingerprint density at radius 3 is 1.95 bits per heavy atom. The second-order valence-electron chi connectivity index (χ2n) is 5.84. The zero-order chi connectivity index (χ0) is 15.0. The summed E-state index contributed by atoms with van der Waals surface area (Å²) in [7, 11) is 2.11. The molecule has 0 fully saturated rings. The molecule has 1 heteroatoms. The zero-order valence-electron chi connectivity index (χ0n) is 14.1. The topological polar surface area (TPSA) is 12.0 Å². The molecule has 20 heavy (non-hydrogen) atoms. The lowest BCUT2D eigenvalue weighted by atomic mass is 9.85. The van der Waals surface area contributed by atoms with E-state index in [0.717, 1.165) is 18.8 Å². The lowest BCUT2D eigenvalue weighted by Gasteiger charge is -2.28. The Morgan fingerprint density at radius 1 is 0.900 bits per heavy atom. The van der Waals surface area contributed by atoms with E-state index in [1.165, 1.54) is 42.4 Å². The molecule has 0 amide bonds. The first kappa shape index (κ1) is 17.2. The Kier molecular flexibility index (Phi) is 7.91. The van der Waals surface area contributed by atoms with Gasteiger partial charge >= 0.3 is 0 Å². The van der Waals surface area contributed by atoms with Crippen LogP contribution in [0, 0.1) is 5.92 Å². The van der Waals surface area contributed by atoms with Gasteiger partial charge in [-0.3, -0.25) is 0 Å². The fourth-order valence-corrected chi connectivity index (χ4v) is 3.41. The average Bonchev–Trinajstić information content (AvgIpc) is 2.48. The SMILES string of the molecule is CCCC(CCC)C(NC)c1ccc(CC)c(CC)c1. The van der Waals surface area contributed by atoms with Crippen molar-refractivity contribution in [2.45, 2.75) is 72.3 Å². The summed E-state index contributed by atoms with van der Waals surface area (Å²) in [6, 6.07) is 7.63. The summed E-state index contributed by atoms with van der Waals surface area (Å²) in [4.78, 5) is 0. The summed E-state index contributed by atoms with van der Waals surface area (Å²) in [5.74, 6) is 0.757. The highest BCUT2D eigenvalue weighted by atomic mass is 14.9. The Balaban J connectivity index is 3.03. The molecule has 1 nitrogen and oxygen atoms in total. The van der Waals surface area contributed by atoms with Crippen molar-refractivity contribution in [1.29, 1.82) is 0 Å². The number of aryl methyl sites for hydroxylation is 2. The first-order chi connectivity index (χ1) is 9.71. The summed E-state index contributed by atoms with van der Waals surface area (Å²) in [6.07, 6.45) is 7.46. The van der Waals surface area contributed by atoms with Gasteiger partial charge in [0.2, 0.25) is 0 Å². The smallest absolute Gasteiger partial charge is 0.0346 e. The normalized spacial score (nSPS) is 12.9. The van der Waals surface area contributed by atoms with Crippen LogP contribution < -0.4 is 5.32 Å². The second kappa shape index (κ2) is 9.18.